The van der Waals surface area contributed by atoms with Gasteiger partial charge < -0.3 is 14.7 Å². The van der Waals surface area contributed by atoms with Crippen LogP contribution in [0.25, 0.3) is 0 Å². The summed E-state index contributed by atoms with van der Waals surface area (Å²) in [6, 6.07) is 4.45. The maximum atomic E-state index is 13.5. The molecule has 0 bridgehead atoms. The Bertz CT molecular complexity index is 501. The maximum Gasteiger partial charge on any atom is 0.307 e. The van der Waals surface area contributed by atoms with Gasteiger partial charge in [0.2, 0.25) is 0 Å². The lowest BCUT2D eigenvalue weighted by Crippen LogP contribution is -2.13. The molecule has 1 aromatic carbocycles. The number of rotatable bonds is 4. The van der Waals surface area contributed by atoms with E-state index in [0.717, 1.165) is 0 Å². The lowest BCUT2D eigenvalue weighted by molar-refractivity contribution is -0.139. The van der Waals surface area contributed by atoms with E-state index in [9.17, 15) is 9.18 Å². The Morgan fingerprint density at radius 1 is 1.67 bits per heavy atom. The van der Waals surface area contributed by atoms with Gasteiger partial charge in [0.15, 0.2) is 11.6 Å². The van der Waals surface area contributed by atoms with Crippen LogP contribution in [0.1, 0.15) is 18.4 Å². The van der Waals surface area contributed by atoms with Gasteiger partial charge >= 0.3 is 5.97 Å². The van der Waals surface area contributed by atoms with E-state index in [4.69, 9.17) is 14.7 Å². The highest BCUT2D eigenvalue weighted by molar-refractivity contribution is 6.01. The number of nitrogens with zero attached hydrogens (tertiary/aromatic N) is 1. The zero-order valence-electron chi connectivity index (χ0n) is 9.72. The standard InChI is InChI=1S/C12H12FNO4/c1-17-11-3-2-7(4-9(11)13)10-5-8(18-14-10)6-12(15)16/h2-4,8H,5-6H2,1H3,(H,15,16)/t8-/m0/s1. The van der Waals surface area contributed by atoms with E-state index in [1.165, 1.54) is 19.2 Å². The van der Waals surface area contributed by atoms with E-state index in [0.29, 0.717) is 17.7 Å². The largest absolute Gasteiger partial charge is 0.494 e. The van der Waals surface area contributed by atoms with Gasteiger partial charge in [0, 0.05) is 12.0 Å². The quantitative estimate of drug-likeness (QED) is 0.888. The Morgan fingerprint density at radius 3 is 3.06 bits per heavy atom. The zero-order chi connectivity index (χ0) is 13.1. The molecule has 0 fully saturated rings. The molecule has 96 valence electrons. The van der Waals surface area contributed by atoms with Crippen molar-refractivity contribution in [3.05, 3.63) is 29.6 Å². The predicted molar refractivity (Wildman–Crippen MR) is 61.2 cm³/mol. The average Bonchev–Trinajstić information content (AvgIpc) is 2.76. The number of carboxylic acids is 1. The third-order valence-electron chi connectivity index (χ3n) is 2.62. The van der Waals surface area contributed by atoms with Crippen LogP contribution < -0.4 is 4.74 Å². The second-order valence-corrected chi connectivity index (χ2v) is 3.92. The SMILES string of the molecule is COc1ccc(C2=NO[C@H](CC(=O)O)C2)cc1F. The number of ether oxygens (including phenoxy) is 1. The minimum atomic E-state index is -0.947. The Labute approximate surface area is 103 Å². The summed E-state index contributed by atoms with van der Waals surface area (Å²) in [6.07, 6.45) is -0.244. The van der Waals surface area contributed by atoms with Crippen molar-refractivity contribution in [3.8, 4) is 5.75 Å². The van der Waals surface area contributed by atoms with E-state index >= 15 is 0 Å². The number of benzene rings is 1. The first kappa shape index (κ1) is 12.3. The molecule has 1 heterocycles. The highest BCUT2D eigenvalue weighted by atomic mass is 19.1. The zero-order valence-corrected chi connectivity index (χ0v) is 9.72. The van der Waals surface area contributed by atoms with Gasteiger partial charge in [-0.3, -0.25) is 4.79 Å². The molecule has 0 saturated carbocycles. The minimum absolute atomic E-state index is 0.119. The molecular formula is C12H12FNO4. The summed E-state index contributed by atoms with van der Waals surface area (Å²) in [5.41, 5.74) is 1.11. The summed E-state index contributed by atoms with van der Waals surface area (Å²) >= 11 is 0. The number of oxime groups is 1. The Balaban J connectivity index is 2.10. The molecule has 0 saturated heterocycles. The van der Waals surface area contributed by atoms with Gasteiger partial charge in [0.1, 0.15) is 6.10 Å². The highest BCUT2D eigenvalue weighted by Gasteiger charge is 2.25. The van der Waals surface area contributed by atoms with E-state index in [1.807, 2.05) is 0 Å². The van der Waals surface area contributed by atoms with E-state index in [-0.39, 0.29) is 12.2 Å². The molecule has 0 radical (unpaired) electrons. The molecule has 0 unspecified atom stereocenters. The number of carboxylic acid groups (broad SMARTS) is 1. The molecule has 5 nitrogen and oxygen atoms in total. The summed E-state index contributed by atoms with van der Waals surface area (Å²) in [5, 5.41) is 12.4. The molecule has 1 atom stereocenters. The highest BCUT2D eigenvalue weighted by Crippen LogP contribution is 2.23. The number of carbonyl (C=O) groups is 1. The van der Waals surface area contributed by atoms with Gasteiger partial charge in [0.05, 0.1) is 19.2 Å². The lowest BCUT2D eigenvalue weighted by Gasteiger charge is -2.05. The Kier molecular flexibility index (Phi) is 3.45. The van der Waals surface area contributed by atoms with Crippen molar-refractivity contribution in [2.75, 3.05) is 7.11 Å². The van der Waals surface area contributed by atoms with Crippen LogP contribution in [0, 0.1) is 5.82 Å². The van der Waals surface area contributed by atoms with Crippen molar-refractivity contribution in [3.63, 3.8) is 0 Å². The molecule has 1 aliphatic rings. The smallest absolute Gasteiger partial charge is 0.307 e. The monoisotopic (exact) mass is 253 g/mol. The summed E-state index contributed by atoms with van der Waals surface area (Å²) in [6.45, 7) is 0. The molecule has 1 aliphatic heterocycles. The number of methoxy groups -OCH3 is 1. The van der Waals surface area contributed by atoms with Gasteiger partial charge in [-0.2, -0.15) is 0 Å². The molecular weight excluding hydrogens is 241 g/mol. The summed E-state index contributed by atoms with van der Waals surface area (Å²) in [4.78, 5) is 15.5. The van der Waals surface area contributed by atoms with Crippen LogP contribution in [0.2, 0.25) is 0 Å². The van der Waals surface area contributed by atoms with Crippen molar-refractivity contribution >= 4 is 11.7 Å². The average molecular weight is 253 g/mol. The first-order valence-electron chi connectivity index (χ1n) is 5.38. The van der Waals surface area contributed by atoms with E-state index in [2.05, 4.69) is 5.16 Å². The number of hydrogen-bond acceptors (Lipinski definition) is 4. The fourth-order valence-corrected chi connectivity index (χ4v) is 1.75. The van der Waals surface area contributed by atoms with Crippen LogP contribution in [-0.2, 0) is 9.63 Å². The third kappa shape index (κ3) is 2.58. The minimum Gasteiger partial charge on any atom is -0.494 e. The van der Waals surface area contributed by atoms with Crippen molar-refractivity contribution in [2.24, 2.45) is 5.16 Å². The third-order valence-corrected chi connectivity index (χ3v) is 2.62. The maximum absolute atomic E-state index is 13.5. The lowest BCUT2D eigenvalue weighted by atomic mass is 10.0. The van der Waals surface area contributed by atoms with Crippen LogP contribution in [0.4, 0.5) is 4.39 Å². The fourth-order valence-electron chi connectivity index (χ4n) is 1.75. The van der Waals surface area contributed by atoms with Gasteiger partial charge in [0.25, 0.3) is 0 Å². The van der Waals surface area contributed by atoms with Gasteiger partial charge in [-0.05, 0) is 18.2 Å². The van der Waals surface area contributed by atoms with Crippen molar-refractivity contribution < 1.29 is 23.9 Å². The molecule has 1 aromatic rings. The number of hydrogen-bond donors (Lipinski definition) is 1. The summed E-state index contributed by atoms with van der Waals surface area (Å²) < 4.78 is 18.3. The summed E-state index contributed by atoms with van der Waals surface area (Å²) in [7, 11) is 1.39. The first-order valence-corrected chi connectivity index (χ1v) is 5.38. The normalized spacial score (nSPS) is 18.1. The van der Waals surface area contributed by atoms with Crippen LogP contribution in [0.3, 0.4) is 0 Å². The molecule has 18 heavy (non-hydrogen) atoms. The summed E-state index contributed by atoms with van der Waals surface area (Å²) in [5.74, 6) is -1.28. The van der Waals surface area contributed by atoms with Gasteiger partial charge in [-0.25, -0.2) is 4.39 Å². The molecule has 6 heteroatoms. The number of aliphatic carboxylic acids is 1. The van der Waals surface area contributed by atoms with E-state index < -0.39 is 17.9 Å². The first-order chi connectivity index (χ1) is 8.60. The van der Waals surface area contributed by atoms with Crippen molar-refractivity contribution in [1.29, 1.82) is 0 Å². The van der Waals surface area contributed by atoms with Crippen molar-refractivity contribution in [2.45, 2.75) is 18.9 Å². The molecule has 0 aromatic heterocycles. The molecule has 0 spiro atoms. The van der Waals surface area contributed by atoms with Crippen molar-refractivity contribution in [1.82, 2.24) is 0 Å². The topological polar surface area (TPSA) is 68.1 Å². The van der Waals surface area contributed by atoms with E-state index in [1.54, 1.807) is 6.07 Å². The number of halogens is 1. The Morgan fingerprint density at radius 2 is 2.44 bits per heavy atom. The Hall–Kier alpha value is -2.11. The second kappa shape index (κ2) is 5.03. The predicted octanol–water partition coefficient (Wildman–Crippen LogP) is 1.80. The second-order valence-electron chi connectivity index (χ2n) is 3.92. The molecule has 2 rings (SSSR count). The molecule has 1 N–H and O–H groups in total. The van der Waals surface area contributed by atoms with Crippen LogP contribution in [0.5, 0.6) is 5.75 Å². The van der Waals surface area contributed by atoms with Crippen LogP contribution in [0.15, 0.2) is 23.4 Å². The van der Waals surface area contributed by atoms with Crippen LogP contribution in [-0.4, -0.2) is 30.0 Å². The van der Waals surface area contributed by atoms with Gasteiger partial charge in [-0.1, -0.05) is 5.16 Å². The van der Waals surface area contributed by atoms with Crippen LogP contribution >= 0.6 is 0 Å². The van der Waals surface area contributed by atoms with Gasteiger partial charge in [-0.15, -0.1) is 0 Å². The fraction of sp³-hybridized carbons (Fsp3) is 0.333. The molecule has 0 amide bonds. The molecule has 0 aliphatic carbocycles.